The molecule has 0 aliphatic carbocycles. The van der Waals surface area contributed by atoms with Gasteiger partial charge in [0, 0.05) is 24.7 Å². The lowest BCUT2D eigenvalue weighted by atomic mass is 10.00. The van der Waals surface area contributed by atoms with Gasteiger partial charge in [-0.05, 0) is 41.7 Å². The van der Waals surface area contributed by atoms with Crippen LogP contribution in [0.2, 0.25) is 0 Å². The lowest BCUT2D eigenvalue weighted by molar-refractivity contribution is -0.136. The molecule has 30 heavy (non-hydrogen) atoms. The van der Waals surface area contributed by atoms with Crippen LogP contribution in [0.1, 0.15) is 49.6 Å². The van der Waals surface area contributed by atoms with Crippen molar-refractivity contribution in [3.05, 3.63) is 71.6 Å². The van der Waals surface area contributed by atoms with E-state index in [4.69, 9.17) is 9.52 Å². The van der Waals surface area contributed by atoms with Crippen LogP contribution in [-0.4, -0.2) is 27.8 Å². The number of unbranched alkanes of at least 4 members (excludes halogenated alkanes) is 1. The zero-order chi connectivity index (χ0) is 21.2. The standard InChI is InChI=1S/C24H27N3O3/c1-2-3-7-21(19-8-5-4-6-9-19)16-22-26-27-24(30-22)20-12-10-18(11-13-20)17-25-15-14-23(28)29/h4-6,8-13,16,25H,2-3,7,14-15,17H2,1H3,(H,28,29)/b21-16+. The number of carbonyl (C=O) groups is 1. The van der Waals surface area contributed by atoms with E-state index in [1.54, 1.807) is 0 Å². The number of aliphatic carboxylic acids is 1. The summed E-state index contributed by atoms with van der Waals surface area (Å²) >= 11 is 0. The topological polar surface area (TPSA) is 88.2 Å². The molecule has 0 atom stereocenters. The number of hydrogen-bond acceptors (Lipinski definition) is 5. The minimum atomic E-state index is -0.802. The molecule has 0 amide bonds. The summed E-state index contributed by atoms with van der Waals surface area (Å²) in [5, 5.41) is 20.2. The molecule has 0 saturated carbocycles. The van der Waals surface area contributed by atoms with Crippen molar-refractivity contribution in [1.29, 1.82) is 0 Å². The maximum atomic E-state index is 10.5. The van der Waals surface area contributed by atoms with E-state index >= 15 is 0 Å². The Morgan fingerprint density at radius 1 is 1.07 bits per heavy atom. The van der Waals surface area contributed by atoms with Gasteiger partial charge in [-0.3, -0.25) is 4.79 Å². The number of nitrogens with one attached hydrogen (secondary N) is 1. The number of rotatable bonds is 11. The molecule has 1 heterocycles. The number of hydrogen-bond donors (Lipinski definition) is 2. The third-order valence-corrected chi connectivity index (χ3v) is 4.73. The molecule has 1 aromatic heterocycles. The van der Waals surface area contributed by atoms with Gasteiger partial charge in [0.1, 0.15) is 0 Å². The largest absolute Gasteiger partial charge is 0.481 e. The minimum Gasteiger partial charge on any atom is -0.481 e. The molecular weight excluding hydrogens is 378 g/mol. The maximum Gasteiger partial charge on any atom is 0.304 e. The molecule has 0 fully saturated rings. The van der Waals surface area contributed by atoms with E-state index in [0.717, 1.165) is 30.4 Å². The zero-order valence-corrected chi connectivity index (χ0v) is 17.2. The second-order valence-electron chi connectivity index (χ2n) is 7.10. The van der Waals surface area contributed by atoms with Crippen molar-refractivity contribution in [3.8, 4) is 11.5 Å². The smallest absolute Gasteiger partial charge is 0.304 e. The first-order valence-electron chi connectivity index (χ1n) is 10.3. The van der Waals surface area contributed by atoms with Gasteiger partial charge < -0.3 is 14.8 Å². The number of allylic oxidation sites excluding steroid dienone is 1. The summed E-state index contributed by atoms with van der Waals surface area (Å²) in [4.78, 5) is 10.5. The number of nitrogens with zero attached hydrogens (tertiary/aromatic N) is 2. The van der Waals surface area contributed by atoms with Crippen LogP contribution in [0.5, 0.6) is 0 Å². The van der Waals surface area contributed by atoms with E-state index in [9.17, 15) is 4.79 Å². The average Bonchev–Trinajstić information content (AvgIpc) is 3.24. The quantitative estimate of drug-likeness (QED) is 0.435. The van der Waals surface area contributed by atoms with Crippen molar-refractivity contribution in [2.75, 3.05) is 6.54 Å². The van der Waals surface area contributed by atoms with Gasteiger partial charge >= 0.3 is 5.97 Å². The molecule has 6 nitrogen and oxygen atoms in total. The fourth-order valence-corrected chi connectivity index (χ4v) is 3.07. The first kappa shape index (κ1) is 21.5. The van der Waals surface area contributed by atoms with Crippen molar-refractivity contribution in [2.24, 2.45) is 0 Å². The fourth-order valence-electron chi connectivity index (χ4n) is 3.07. The van der Waals surface area contributed by atoms with Crippen molar-refractivity contribution in [3.63, 3.8) is 0 Å². The van der Waals surface area contributed by atoms with Crippen LogP contribution >= 0.6 is 0 Å². The van der Waals surface area contributed by atoms with Crippen LogP contribution in [0.25, 0.3) is 23.1 Å². The Balaban J connectivity index is 1.68. The van der Waals surface area contributed by atoms with Crippen molar-refractivity contribution < 1.29 is 14.3 Å². The summed E-state index contributed by atoms with van der Waals surface area (Å²) in [6.07, 6.45) is 5.27. The van der Waals surface area contributed by atoms with Gasteiger partial charge in [0.25, 0.3) is 0 Å². The number of carboxylic acids is 1. The lowest BCUT2D eigenvalue weighted by Crippen LogP contribution is -2.17. The van der Waals surface area contributed by atoms with E-state index in [2.05, 4.69) is 34.6 Å². The summed E-state index contributed by atoms with van der Waals surface area (Å²) in [5.41, 5.74) is 4.28. The summed E-state index contributed by atoms with van der Waals surface area (Å²) in [6, 6.07) is 18.1. The lowest BCUT2D eigenvalue weighted by Gasteiger charge is -2.06. The first-order valence-corrected chi connectivity index (χ1v) is 10.3. The predicted molar refractivity (Wildman–Crippen MR) is 118 cm³/mol. The zero-order valence-electron chi connectivity index (χ0n) is 17.2. The minimum absolute atomic E-state index is 0.111. The number of carboxylic acid groups (broad SMARTS) is 1. The molecule has 0 saturated heterocycles. The van der Waals surface area contributed by atoms with Crippen LogP contribution in [0.15, 0.2) is 59.0 Å². The van der Waals surface area contributed by atoms with Gasteiger partial charge in [-0.2, -0.15) is 0 Å². The molecule has 0 aliphatic rings. The highest BCUT2D eigenvalue weighted by molar-refractivity contribution is 5.79. The SMILES string of the molecule is CCCC/C(=C\c1nnc(-c2ccc(CNCCC(=O)O)cc2)o1)c1ccccc1. The summed E-state index contributed by atoms with van der Waals surface area (Å²) < 4.78 is 5.89. The van der Waals surface area contributed by atoms with Crippen molar-refractivity contribution >= 4 is 17.6 Å². The van der Waals surface area contributed by atoms with Crippen LogP contribution in [-0.2, 0) is 11.3 Å². The van der Waals surface area contributed by atoms with Gasteiger partial charge in [-0.25, -0.2) is 0 Å². The van der Waals surface area contributed by atoms with Crippen LogP contribution in [0.4, 0.5) is 0 Å². The Kier molecular flexibility index (Phi) is 7.92. The van der Waals surface area contributed by atoms with Crippen LogP contribution in [0, 0.1) is 0 Å². The third-order valence-electron chi connectivity index (χ3n) is 4.73. The molecule has 3 aromatic rings. The summed E-state index contributed by atoms with van der Waals surface area (Å²) in [7, 11) is 0. The second-order valence-corrected chi connectivity index (χ2v) is 7.10. The highest BCUT2D eigenvalue weighted by Crippen LogP contribution is 2.25. The van der Waals surface area contributed by atoms with Crippen molar-refractivity contribution in [2.45, 2.75) is 39.2 Å². The van der Waals surface area contributed by atoms with Gasteiger partial charge in [0.15, 0.2) is 0 Å². The molecule has 6 heteroatoms. The first-order chi connectivity index (χ1) is 14.7. The van der Waals surface area contributed by atoms with Gasteiger partial charge in [-0.1, -0.05) is 55.8 Å². The molecule has 0 aliphatic heterocycles. The molecular formula is C24H27N3O3. The molecule has 0 unspecified atom stereocenters. The Bertz CT molecular complexity index is 963. The molecule has 0 bridgehead atoms. The fraction of sp³-hybridized carbons (Fsp3) is 0.292. The average molecular weight is 405 g/mol. The van der Waals surface area contributed by atoms with Crippen molar-refractivity contribution in [1.82, 2.24) is 15.5 Å². The highest BCUT2D eigenvalue weighted by Gasteiger charge is 2.09. The Labute approximate surface area is 176 Å². The molecule has 3 rings (SSSR count). The molecule has 0 radical (unpaired) electrons. The Morgan fingerprint density at radius 2 is 1.83 bits per heavy atom. The van der Waals surface area contributed by atoms with E-state index < -0.39 is 5.97 Å². The summed E-state index contributed by atoms with van der Waals surface area (Å²) in [5.74, 6) is 0.179. The monoisotopic (exact) mass is 405 g/mol. The molecule has 2 aromatic carbocycles. The number of aromatic nitrogens is 2. The Hall–Kier alpha value is -3.25. The molecule has 0 spiro atoms. The maximum absolute atomic E-state index is 10.5. The third kappa shape index (κ3) is 6.39. The van der Waals surface area contributed by atoms with Gasteiger partial charge in [-0.15, -0.1) is 10.2 Å². The number of benzene rings is 2. The van der Waals surface area contributed by atoms with Gasteiger partial charge in [0.2, 0.25) is 11.8 Å². The van der Waals surface area contributed by atoms with E-state index in [1.807, 2.05) is 48.5 Å². The van der Waals surface area contributed by atoms with Crippen LogP contribution in [0.3, 0.4) is 0 Å². The summed E-state index contributed by atoms with van der Waals surface area (Å²) in [6.45, 7) is 3.24. The Morgan fingerprint density at radius 3 is 2.53 bits per heavy atom. The molecule has 2 N–H and O–H groups in total. The predicted octanol–water partition coefficient (Wildman–Crippen LogP) is 5.03. The highest BCUT2D eigenvalue weighted by atomic mass is 16.4. The van der Waals surface area contributed by atoms with E-state index in [1.165, 1.54) is 11.1 Å². The molecule has 156 valence electrons. The van der Waals surface area contributed by atoms with E-state index in [-0.39, 0.29) is 6.42 Å². The van der Waals surface area contributed by atoms with E-state index in [0.29, 0.717) is 24.9 Å². The normalized spacial score (nSPS) is 11.6. The van der Waals surface area contributed by atoms with Gasteiger partial charge in [0.05, 0.1) is 6.42 Å². The second kappa shape index (κ2) is 11.1. The van der Waals surface area contributed by atoms with Crippen LogP contribution < -0.4 is 5.32 Å².